The molecule has 17 heavy (non-hydrogen) atoms. The standard InChI is InChI=1S/C14H22N2O/c1-10-13(11-6-8-15-9-7-11)16-14(17-10)12-4-2-3-5-12/h11-12,15H,2-9H2,1H3. The maximum Gasteiger partial charge on any atom is 0.197 e. The van der Waals surface area contributed by atoms with E-state index in [0.717, 1.165) is 24.7 Å². The van der Waals surface area contributed by atoms with E-state index >= 15 is 0 Å². The van der Waals surface area contributed by atoms with Crippen molar-refractivity contribution >= 4 is 0 Å². The molecule has 0 radical (unpaired) electrons. The topological polar surface area (TPSA) is 38.1 Å². The number of oxazole rings is 1. The molecule has 94 valence electrons. The van der Waals surface area contributed by atoms with E-state index in [1.165, 1.54) is 44.2 Å². The second kappa shape index (κ2) is 4.81. The Morgan fingerprint density at radius 3 is 2.47 bits per heavy atom. The lowest BCUT2D eigenvalue weighted by atomic mass is 9.94. The highest BCUT2D eigenvalue weighted by atomic mass is 16.4. The molecule has 1 aromatic heterocycles. The van der Waals surface area contributed by atoms with Crippen LogP contribution in [0.25, 0.3) is 0 Å². The maximum absolute atomic E-state index is 5.92. The van der Waals surface area contributed by atoms with Crippen molar-refractivity contribution in [1.82, 2.24) is 10.3 Å². The van der Waals surface area contributed by atoms with Crippen LogP contribution in [0.1, 0.15) is 67.7 Å². The van der Waals surface area contributed by atoms with E-state index in [4.69, 9.17) is 9.40 Å². The van der Waals surface area contributed by atoms with Crippen molar-refractivity contribution in [2.75, 3.05) is 13.1 Å². The predicted octanol–water partition coefficient (Wildman–Crippen LogP) is 3.11. The molecule has 0 aromatic carbocycles. The summed E-state index contributed by atoms with van der Waals surface area (Å²) in [6.07, 6.45) is 7.63. The van der Waals surface area contributed by atoms with Crippen LogP contribution < -0.4 is 5.32 Å². The fourth-order valence-electron chi connectivity index (χ4n) is 3.25. The summed E-state index contributed by atoms with van der Waals surface area (Å²) < 4.78 is 5.92. The quantitative estimate of drug-likeness (QED) is 0.854. The van der Waals surface area contributed by atoms with Gasteiger partial charge in [-0.3, -0.25) is 0 Å². The van der Waals surface area contributed by atoms with Crippen LogP contribution in [0.3, 0.4) is 0 Å². The van der Waals surface area contributed by atoms with Gasteiger partial charge < -0.3 is 9.73 Å². The van der Waals surface area contributed by atoms with Crippen LogP contribution in [0.2, 0.25) is 0 Å². The van der Waals surface area contributed by atoms with Gasteiger partial charge in [-0.1, -0.05) is 12.8 Å². The van der Waals surface area contributed by atoms with E-state index in [0.29, 0.717) is 11.8 Å². The third-order valence-corrected chi connectivity index (χ3v) is 4.28. The smallest absolute Gasteiger partial charge is 0.197 e. The molecule has 2 fully saturated rings. The highest BCUT2D eigenvalue weighted by molar-refractivity contribution is 5.16. The summed E-state index contributed by atoms with van der Waals surface area (Å²) in [5, 5.41) is 3.41. The average molecular weight is 234 g/mol. The number of nitrogens with one attached hydrogen (secondary N) is 1. The van der Waals surface area contributed by atoms with E-state index in [1.807, 2.05) is 0 Å². The number of piperidine rings is 1. The lowest BCUT2D eigenvalue weighted by Gasteiger charge is -2.20. The lowest BCUT2D eigenvalue weighted by Crippen LogP contribution is -2.27. The first-order chi connectivity index (χ1) is 8.34. The Kier molecular flexibility index (Phi) is 3.19. The molecule has 1 saturated carbocycles. The van der Waals surface area contributed by atoms with Gasteiger partial charge in [-0.15, -0.1) is 0 Å². The summed E-state index contributed by atoms with van der Waals surface area (Å²) in [5.41, 5.74) is 1.24. The number of hydrogen-bond donors (Lipinski definition) is 1. The largest absolute Gasteiger partial charge is 0.445 e. The minimum absolute atomic E-state index is 0.601. The minimum atomic E-state index is 0.601. The van der Waals surface area contributed by atoms with Gasteiger partial charge in [0.2, 0.25) is 0 Å². The number of rotatable bonds is 2. The highest BCUT2D eigenvalue weighted by Crippen LogP contribution is 2.36. The Bertz CT molecular complexity index is 374. The normalized spacial score (nSPS) is 23.4. The first-order valence-electron chi connectivity index (χ1n) is 7.02. The Morgan fingerprint density at radius 2 is 1.76 bits per heavy atom. The molecule has 1 aliphatic carbocycles. The Labute approximate surface area is 103 Å². The van der Waals surface area contributed by atoms with Gasteiger partial charge in [0.15, 0.2) is 5.89 Å². The summed E-state index contributed by atoms with van der Waals surface area (Å²) in [6, 6.07) is 0. The number of aryl methyl sites for hydroxylation is 1. The molecule has 1 aliphatic heterocycles. The molecule has 3 rings (SSSR count). The van der Waals surface area contributed by atoms with E-state index in [2.05, 4.69) is 12.2 Å². The third-order valence-electron chi connectivity index (χ3n) is 4.28. The van der Waals surface area contributed by atoms with Gasteiger partial charge in [-0.05, 0) is 45.7 Å². The molecule has 1 saturated heterocycles. The molecule has 1 N–H and O–H groups in total. The predicted molar refractivity (Wildman–Crippen MR) is 67.3 cm³/mol. The first kappa shape index (κ1) is 11.3. The van der Waals surface area contributed by atoms with Gasteiger partial charge in [-0.2, -0.15) is 0 Å². The van der Waals surface area contributed by atoms with E-state index in [1.54, 1.807) is 0 Å². The van der Waals surface area contributed by atoms with Crippen LogP contribution in [-0.2, 0) is 0 Å². The highest BCUT2D eigenvalue weighted by Gasteiger charge is 2.26. The SMILES string of the molecule is Cc1oc(C2CCCC2)nc1C1CCNCC1. The molecule has 3 nitrogen and oxygen atoms in total. The third kappa shape index (κ3) is 2.25. The zero-order chi connectivity index (χ0) is 11.7. The Morgan fingerprint density at radius 1 is 1.06 bits per heavy atom. The fourth-order valence-corrected chi connectivity index (χ4v) is 3.25. The van der Waals surface area contributed by atoms with E-state index < -0.39 is 0 Å². The summed E-state index contributed by atoms with van der Waals surface area (Å²) in [4.78, 5) is 4.82. The molecule has 0 spiro atoms. The number of nitrogens with zero attached hydrogens (tertiary/aromatic N) is 1. The molecule has 3 heteroatoms. The van der Waals surface area contributed by atoms with Crippen LogP contribution >= 0.6 is 0 Å². The van der Waals surface area contributed by atoms with Crippen LogP contribution in [0.5, 0.6) is 0 Å². The van der Waals surface area contributed by atoms with Crippen molar-refractivity contribution in [3.05, 3.63) is 17.3 Å². The molecule has 2 aliphatic rings. The summed E-state index contributed by atoms with van der Waals surface area (Å²) in [6.45, 7) is 4.33. The van der Waals surface area contributed by atoms with E-state index in [9.17, 15) is 0 Å². The van der Waals surface area contributed by atoms with Crippen molar-refractivity contribution in [1.29, 1.82) is 0 Å². The zero-order valence-corrected chi connectivity index (χ0v) is 10.7. The van der Waals surface area contributed by atoms with Crippen molar-refractivity contribution in [2.45, 2.75) is 57.3 Å². The molecule has 1 aromatic rings. The lowest BCUT2D eigenvalue weighted by molar-refractivity contribution is 0.425. The monoisotopic (exact) mass is 234 g/mol. The molecule has 2 heterocycles. The van der Waals surface area contributed by atoms with Crippen LogP contribution in [0, 0.1) is 6.92 Å². The van der Waals surface area contributed by atoms with Crippen LogP contribution in [0.4, 0.5) is 0 Å². The molecule has 0 bridgehead atoms. The summed E-state index contributed by atoms with van der Waals surface area (Å²) in [7, 11) is 0. The van der Waals surface area contributed by atoms with Crippen molar-refractivity contribution < 1.29 is 4.42 Å². The maximum atomic E-state index is 5.92. The first-order valence-corrected chi connectivity index (χ1v) is 7.02. The van der Waals surface area contributed by atoms with Crippen LogP contribution in [-0.4, -0.2) is 18.1 Å². The minimum Gasteiger partial charge on any atom is -0.445 e. The Hall–Kier alpha value is -0.830. The fraction of sp³-hybridized carbons (Fsp3) is 0.786. The number of hydrogen-bond acceptors (Lipinski definition) is 3. The average Bonchev–Trinajstić information content (AvgIpc) is 2.99. The Balaban J connectivity index is 1.79. The van der Waals surface area contributed by atoms with Crippen molar-refractivity contribution in [3.63, 3.8) is 0 Å². The van der Waals surface area contributed by atoms with Gasteiger partial charge >= 0.3 is 0 Å². The van der Waals surface area contributed by atoms with Crippen molar-refractivity contribution in [2.24, 2.45) is 0 Å². The van der Waals surface area contributed by atoms with Gasteiger partial charge in [0.25, 0.3) is 0 Å². The molecule has 0 atom stereocenters. The van der Waals surface area contributed by atoms with Gasteiger partial charge in [0.05, 0.1) is 5.69 Å². The second-order valence-corrected chi connectivity index (χ2v) is 5.50. The van der Waals surface area contributed by atoms with Gasteiger partial charge in [-0.25, -0.2) is 4.98 Å². The van der Waals surface area contributed by atoms with Crippen LogP contribution in [0.15, 0.2) is 4.42 Å². The molecular formula is C14H22N2O. The van der Waals surface area contributed by atoms with Crippen molar-refractivity contribution in [3.8, 4) is 0 Å². The molecule has 0 unspecified atom stereocenters. The molecule has 0 amide bonds. The number of aromatic nitrogens is 1. The summed E-state index contributed by atoms with van der Waals surface area (Å²) >= 11 is 0. The zero-order valence-electron chi connectivity index (χ0n) is 10.7. The van der Waals surface area contributed by atoms with Gasteiger partial charge in [0, 0.05) is 11.8 Å². The van der Waals surface area contributed by atoms with Gasteiger partial charge in [0.1, 0.15) is 5.76 Å². The second-order valence-electron chi connectivity index (χ2n) is 5.50. The van der Waals surface area contributed by atoms with E-state index in [-0.39, 0.29) is 0 Å². The summed E-state index contributed by atoms with van der Waals surface area (Å²) in [5.74, 6) is 3.31. The molecular weight excluding hydrogens is 212 g/mol.